The Bertz CT molecular complexity index is 858. The minimum absolute atomic E-state index is 0.0364. The van der Waals surface area contributed by atoms with Crippen molar-refractivity contribution in [3.05, 3.63) is 12.0 Å². The van der Waals surface area contributed by atoms with E-state index in [1.807, 2.05) is 4.90 Å². The molecule has 130 valence electrons. The Hall–Kier alpha value is -2.47. The zero-order valence-corrected chi connectivity index (χ0v) is 14.3. The van der Waals surface area contributed by atoms with Crippen LogP contribution in [0.4, 0.5) is 20.1 Å². The average molecular weight is 360 g/mol. The molecule has 0 bridgehead atoms. The van der Waals surface area contributed by atoms with Crippen LogP contribution in [0.15, 0.2) is 6.20 Å². The van der Waals surface area contributed by atoms with Gasteiger partial charge in [0, 0.05) is 19.1 Å². The Labute approximate surface area is 147 Å². The summed E-state index contributed by atoms with van der Waals surface area (Å²) in [6.45, 7) is 1.38. The molecule has 1 saturated heterocycles. The fourth-order valence-corrected chi connectivity index (χ4v) is 3.96. The maximum absolute atomic E-state index is 14.1. The molecular formula is C16H17FN6OS. The van der Waals surface area contributed by atoms with Crippen LogP contribution >= 0.6 is 11.3 Å². The number of hydrogen-bond acceptors (Lipinski definition) is 6. The van der Waals surface area contributed by atoms with Crippen LogP contribution in [0.1, 0.15) is 25.7 Å². The number of nitrogens with one attached hydrogen (secondary N) is 2. The van der Waals surface area contributed by atoms with Crippen LogP contribution in [-0.4, -0.2) is 35.1 Å². The Kier molecular flexibility index (Phi) is 4.13. The third kappa shape index (κ3) is 3.35. The SMILES string of the molecule is N#CC1CCCN(c2nc3c(F)cnc(NC(=O)NC4CC4)c3s2)C1. The number of nitriles is 1. The number of fused-ring (bicyclic) bond motifs is 1. The first-order chi connectivity index (χ1) is 12.1. The summed E-state index contributed by atoms with van der Waals surface area (Å²) in [4.78, 5) is 22.4. The molecule has 2 amide bonds. The summed E-state index contributed by atoms with van der Waals surface area (Å²) >= 11 is 1.29. The first kappa shape index (κ1) is 16.0. The van der Waals surface area contributed by atoms with E-state index in [4.69, 9.17) is 5.26 Å². The van der Waals surface area contributed by atoms with Gasteiger partial charge in [-0.2, -0.15) is 5.26 Å². The predicted octanol–water partition coefficient (Wildman–Crippen LogP) is 2.85. The Morgan fingerprint density at radius 3 is 3.04 bits per heavy atom. The minimum Gasteiger partial charge on any atom is -0.347 e. The number of halogens is 1. The zero-order chi connectivity index (χ0) is 17.4. The van der Waals surface area contributed by atoms with Gasteiger partial charge < -0.3 is 10.2 Å². The van der Waals surface area contributed by atoms with E-state index in [1.165, 1.54) is 11.3 Å². The molecule has 3 heterocycles. The van der Waals surface area contributed by atoms with Crippen LogP contribution < -0.4 is 15.5 Å². The standard InChI is InChI=1S/C16H17FN6OS/c17-11-7-19-14(22-15(24)20-10-3-4-10)13-12(11)21-16(25-13)23-5-1-2-9(6-18)8-23/h7,9-10H,1-5,8H2,(H2,19,20,22,24). The number of carbonyl (C=O) groups is 1. The predicted molar refractivity (Wildman–Crippen MR) is 93.1 cm³/mol. The van der Waals surface area contributed by atoms with Gasteiger partial charge in [0.2, 0.25) is 0 Å². The molecule has 2 aromatic heterocycles. The molecule has 1 unspecified atom stereocenters. The normalized spacial score (nSPS) is 20.3. The van der Waals surface area contributed by atoms with E-state index in [0.29, 0.717) is 22.2 Å². The fourth-order valence-electron chi connectivity index (χ4n) is 2.91. The molecule has 0 radical (unpaired) electrons. The van der Waals surface area contributed by atoms with Gasteiger partial charge in [-0.05, 0) is 25.7 Å². The summed E-state index contributed by atoms with van der Waals surface area (Å²) in [6.07, 6.45) is 4.83. The number of amides is 2. The molecule has 25 heavy (non-hydrogen) atoms. The number of hydrogen-bond donors (Lipinski definition) is 2. The molecule has 4 rings (SSSR count). The number of nitrogens with zero attached hydrogens (tertiary/aromatic N) is 4. The van der Waals surface area contributed by atoms with Gasteiger partial charge in [-0.3, -0.25) is 5.32 Å². The first-order valence-electron chi connectivity index (χ1n) is 8.31. The van der Waals surface area contributed by atoms with Crippen molar-refractivity contribution >= 4 is 38.5 Å². The quantitative estimate of drug-likeness (QED) is 0.878. The van der Waals surface area contributed by atoms with Crippen molar-refractivity contribution in [2.24, 2.45) is 5.92 Å². The molecule has 1 aliphatic carbocycles. The molecule has 9 heteroatoms. The molecule has 7 nitrogen and oxygen atoms in total. The number of thiazole rings is 1. The lowest BCUT2D eigenvalue weighted by molar-refractivity contribution is 0.251. The largest absolute Gasteiger partial charge is 0.347 e. The fraction of sp³-hybridized carbons (Fsp3) is 0.500. The van der Waals surface area contributed by atoms with Gasteiger partial charge in [-0.1, -0.05) is 11.3 Å². The van der Waals surface area contributed by atoms with Crippen LogP contribution in [0.25, 0.3) is 10.2 Å². The highest BCUT2D eigenvalue weighted by atomic mass is 32.1. The van der Waals surface area contributed by atoms with Gasteiger partial charge in [-0.15, -0.1) is 0 Å². The molecule has 2 fully saturated rings. The van der Waals surface area contributed by atoms with Crippen molar-refractivity contribution < 1.29 is 9.18 Å². The van der Waals surface area contributed by atoms with Crippen molar-refractivity contribution in [1.29, 1.82) is 5.26 Å². The number of pyridine rings is 1. The summed E-state index contributed by atoms with van der Waals surface area (Å²) < 4.78 is 14.6. The molecule has 0 spiro atoms. The summed E-state index contributed by atoms with van der Waals surface area (Å²) in [5.74, 6) is -0.239. The van der Waals surface area contributed by atoms with Crippen LogP contribution in [0.5, 0.6) is 0 Å². The highest BCUT2D eigenvalue weighted by Gasteiger charge is 2.26. The van der Waals surface area contributed by atoms with Crippen molar-refractivity contribution in [3.63, 3.8) is 0 Å². The highest BCUT2D eigenvalue weighted by Crippen LogP contribution is 2.36. The highest BCUT2D eigenvalue weighted by molar-refractivity contribution is 7.22. The molecule has 1 atom stereocenters. The van der Waals surface area contributed by atoms with Gasteiger partial charge >= 0.3 is 6.03 Å². The minimum atomic E-state index is -0.514. The summed E-state index contributed by atoms with van der Waals surface area (Å²) in [5, 5.41) is 15.3. The van der Waals surface area contributed by atoms with E-state index < -0.39 is 5.82 Å². The van der Waals surface area contributed by atoms with Crippen molar-refractivity contribution in [2.45, 2.75) is 31.7 Å². The smallest absolute Gasteiger partial charge is 0.320 e. The van der Waals surface area contributed by atoms with E-state index in [1.54, 1.807) is 0 Å². The van der Waals surface area contributed by atoms with Gasteiger partial charge in [0.15, 0.2) is 16.8 Å². The van der Waals surface area contributed by atoms with E-state index >= 15 is 0 Å². The Morgan fingerprint density at radius 1 is 1.44 bits per heavy atom. The van der Waals surface area contributed by atoms with Crippen LogP contribution in [-0.2, 0) is 0 Å². The number of carbonyl (C=O) groups excluding carboxylic acids is 1. The number of anilines is 2. The zero-order valence-electron chi connectivity index (χ0n) is 13.5. The number of aromatic nitrogens is 2. The van der Waals surface area contributed by atoms with Crippen LogP contribution in [0.3, 0.4) is 0 Å². The van der Waals surface area contributed by atoms with E-state index in [0.717, 1.165) is 38.4 Å². The van der Waals surface area contributed by atoms with E-state index in [9.17, 15) is 9.18 Å². The Morgan fingerprint density at radius 2 is 2.28 bits per heavy atom. The van der Waals surface area contributed by atoms with Gasteiger partial charge in [0.05, 0.1) is 18.2 Å². The number of urea groups is 1. The molecule has 2 N–H and O–H groups in total. The number of rotatable bonds is 3. The Balaban J connectivity index is 1.62. The topological polar surface area (TPSA) is 93.9 Å². The van der Waals surface area contributed by atoms with Gasteiger partial charge in [0.25, 0.3) is 0 Å². The molecule has 2 aliphatic rings. The molecule has 2 aromatic rings. The molecule has 1 aliphatic heterocycles. The number of piperidine rings is 1. The van der Waals surface area contributed by atoms with Crippen LogP contribution in [0, 0.1) is 23.1 Å². The van der Waals surface area contributed by atoms with E-state index in [2.05, 4.69) is 26.7 Å². The molecular weight excluding hydrogens is 343 g/mol. The maximum atomic E-state index is 14.1. The summed E-state index contributed by atoms with van der Waals surface area (Å²) in [7, 11) is 0. The lowest BCUT2D eigenvalue weighted by atomic mass is 10.0. The average Bonchev–Trinajstić information content (AvgIpc) is 3.30. The monoisotopic (exact) mass is 360 g/mol. The van der Waals surface area contributed by atoms with Gasteiger partial charge in [-0.25, -0.2) is 19.2 Å². The van der Waals surface area contributed by atoms with Gasteiger partial charge in [0.1, 0.15) is 10.2 Å². The lowest BCUT2D eigenvalue weighted by Crippen LogP contribution is -2.34. The second-order valence-electron chi connectivity index (χ2n) is 6.42. The van der Waals surface area contributed by atoms with Crippen molar-refractivity contribution in [3.8, 4) is 6.07 Å². The van der Waals surface area contributed by atoms with Crippen LogP contribution in [0.2, 0.25) is 0 Å². The van der Waals surface area contributed by atoms with E-state index in [-0.39, 0.29) is 23.5 Å². The second kappa shape index (κ2) is 6.44. The third-order valence-corrected chi connectivity index (χ3v) is 5.51. The maximum Gasteiger partial charge on any atom is 0.320 e. The lowest BCUT2D eigenvalue weighted by Gasteiger charge is -2.28. The third-order valence-electron chi connectivity index (χ3n) is 4.38. The second-order valence-corrected chi connectivity index (χ2v) is 7.39. The first-order valence-corrected chi connectivity index (χ1v) is 9.13. The van der Waals surface area contributed by atoms with Crippen molar-refractivity contribution in [1.82, 2.24) is 15.3 Å². The summed E-state index contributed by atoms with van der Waals surface area (Å²) in [6, 6.07) is 2.19. The molecule has 0 aromatic carbocycles. The molecule has 1 saturated carbocycles. The summed E-state index contributed by atoms with van der Waals surface area (Å²) in [5.41, 5.74) is 0.204. The van der Waals surface area contributed by atoms with Crippen molar-refractivity contribution in [2.75, 3.05) is 23.3 Å².